The number of nitrogens with two attached hydrogens (primary N) is 1. The van der Waals surface area contributed by atoms with Crippen LogP contribution in [0.3, 0.4) is 0 Å². The van der Waals surface area contributed by atoms with Crippen LogP contribution in [0.1, 0.15) is 25.5 Å². The van der Waals surface area contributed by atoms with Crippen LogP contribution in [0.4, 0.5) is 0 Å². The molecule has 0 unspecified atom stereocenters. The van der Waals surface area contributed by atoms with Gasteiger partial charge in [0.2, 0.25) is 0 Å². The number of hydrogen-bond acceptors (Lipinski definition) is 2. The van der Waals surface area contributed by atoms with E-state index in [1.54, 1.807) is 0 Å². The second-order valence-electron chi connectivity index (χ2n) is 3.96. The first-order valence-corrected chi connectivity index (χ1v) is 6.40. The molecule has 0 saturated heterocycles. The predicted octanol–water partition coefficient (Wildman–Crippen LogP) is 3.65. The van der Waals surface area contributed by atoms with Crippen molar-refractivity contribution in [3.63, 3.8) is 0 Å². The van der Waals surface area contributed by atoms with Gasteiger partial charge in [-0.1, -0.05) is 45.7 Å². The number of hydrogen-bond donors (Lipinski definition) is 2. The molecule has 0 aromatic heterocycles. The first-order valence-electron chi connectivity index (χ1n) is 4.81. The summed E-state index contributed by atoms with van der Waals surface area (Å²) in [5.41, 5.74) is 6.91. The van der Waals surface area contributed by atoms with Crippen molar-refractivity contribution in [1.82, 2.24) is 0 Å². The first-order chi connectivity index (χ1) is 6.91. The minimum absolute atomic E-state index is 0. The van der Waals surface area contributed by atoms with Gasteiger partial charge in [0, 0.05) is 8.95 Å². The van der Waals surface area contributed by atoms with E-state index in [-0.39, 0.29) is 24.4 Å². The molecular weight excluding hydrogens is 357 g/mol. The van der Waals surface area contributed by atoms with E-state index in [9.17, 15) is 5.11 Å². The third kappa shape index (κ3) is 4.34. The Bertz CT molecular complexity index is 327. The van der Waals surface area contributed by atoms with E-state index < -0.39 is 6.10 Å². The van der Waals surface area contributed by atoms with Crippen LogP contribution in [-0.2, 0) is 0 Å². The maximum Gasteiger partial charge on any atom is 0.0755 e. The van der Waals surface area contributed by atoms with Gasteiger partial charge >= 0.3 is 0 Å². The van der Waals surface area contributed by atoms with Crippen molar-refractivity contribution >= 4 is 44.3 Å². The van der Waals surface area contributed by atoms with Crippen molar-refractivity contribution in [2.45, 2.75) is 26.0 Å². The molecule has 0 saturated carbocycles. The summed E-state index contributed by atoms with van der Waals surface area (Å²) in [4.78, 5) is 0. The van der Waals surface area contributed by atoms with Crippen LogP contribution < -0.4 is 5.73 Å². The molecule has 1 rings (SSSR count). The molecule has 0 fully saturated rings. The van der Waals surface area contributed by atoms with Crippen molar-refractivity contribution in [1.29, 1.82) is 0 Å². The van der Waals surface area contributed by atoms with Crippen LogP contribution in [0, 0.1) is 5.92 Å². The van der Waals surface area contributed by atoms with Gasteiger partial charge in [-0.15, -0.1) is 12.4 Å². The fourth-order valence-corrected chi connectivity index (χ4v) is 2.71. The highest BCUT2D eigenvalue weighted by Crippen LogP contribution is 2.26. The van der Waals surface area contributed by atoms with E-state index in [4.69, 9.17) is 5.73 Å². The summed E-state index contributed by atoms with van der Waals surface area (Å²) in [7, 11) is 0. The maximum absolute atomic E-state index is 9.87. The van der Waals surface area contributed by atoms with Gasteiger partial charge in [0.25, 0.3) is 0 Å². The molecule has 16 heavy (non-hydrogen) atoms. The molecule has 0 radical (unpaired) electrons. The summed E-state index contributed by atoms with van der Waals surface area (Å²) in [6, 6.07) is 5.46. The van der Waals surface area contributed by atoms with Crippen LogP contribution in [0.25, 0.3) is 0 Å². The summed E-state index contributed by atoms with van der Waals surface area (Å²) in [6.45, 7) is 3.91. The van der Waals surface area contributed by atoms with Gasteiger partial charge in [-0.25, -0.2) is 0 Å². The van der Waals surface area contributed by atoms with E-state index >= 15 is 0 Å². The van der Waals surface area contributed by atoms with E-state index in [0.29, 0.717) is 0 Å². The van der Waals surface area contributed by atoms with Crippen molar-refractivity contribution in [3.05, 3.63) is 32.7 Å². The molecule has 2 nitrogen and oxygen atoms in total. The van der Waals surface area contributed by atoms with Crippen LogP contribution >= 0.6 is 44.3 Å². The monoisotopic (exact) mass is 371 g/mol. The zero-order valence-electron chi connectivity index (χ0n) is 9.15. The Balaban J connectivity index is 0.00000225. The molecule has 0 amide bonds. The van der Waals surface area contributed by atoms with E-state index in [1.165, 1.54) is 0 Å². The molecule has 92 valence electrons. The van der Waals surface area contributed by atoms with Crippen LogP contribution in [0.2, 0.25) is 0 Å². The Kier molecular flexibility index (Phi) is 7.14. The lowest BCUT2D eigenvalue weighted by Gasteiger charge is -2.22. The molecule has 1 aromatic carbocycles. The molecule has 5 heteroatoms. The van der Waals surface area contributed by atoms with Crippen LogP contribution in [0.5, 0.6) is 0 Å². The van der Waals surface area contributed by atoms with E-state index in [1.807, 2.05) is 32.0 Å². The zero-order chi connectivity index (χ0) is 11.6. The molecule has 0 spiro atoms. The summed E-state index contributed by atoms with van der Waals surface area (Å²) < 4.78 is 1.91. The molecule has 0 aliphatic rings. The fraction of sp³-hybridized carbons (Fsp3) is 0.455. The Morgan fingerprint density at radius 2 is 1.56 bits per heavy atom. The van der Waals surface area contributed by atoms with Crippen molar-refractivity contribution in [2.75, 3.05) is 0 Å². The van der Waals surface area contributed by atoms with Crippen molar-refractivity contribution in [3.8, 4) is 0 Å². The molecule has 2 atom stereocenters. The number of aliphatic hydroxyl groups excluding tert-OH is 1. The standard InChI is InChI=1S/C11H15Br2NO.ClH/c1-6(2)11(15)10(14)7-3-8(12)5-9(13)4-7;/h3-6,10-11,15H,14H2,1-2H3;1H/t10-,11+;/m1./s1. The lowest BCUT2D eigenvalue weighted by Crippen LogP contribution is -2.30. The summed E-state index contributed by atoms with van der Waals surface area (Å²) in [5.74, 6) is 0.151. The smallest absolute Gasteiger partial charge is 0.0755 e. The molecule has 1 aromatic rings. The third-order valence-electron chi connectivity index (χ3n) is 2.32. The molecule has 0 bridgehead atoms. The number of halogens is 3. The summed E-state index contributed by atoms with van der Waals surface area (Å²) >= 11 is 6.80. The highest BCUT2D eigenvalue weighted by Gasteiger charge is 2.20. The van der Waals surface area contributed by atoms with Gasteiger partial charge < -0.3 is 10.8 Å². The summed E-state index contributed by atoms with van der Waals surface area (Å²) in [6.07, 6.45) is -0.522. The van der Waals surface area contributed by atoms with Crippen molar-refractivity contribution in [2.24, 2.45) is 11.7 Å². The number of benzene rings is 1. The molecule has 0 aliphatic carbocycles. The van der Waals surface area contributed by atoms with Gasteiger partial charge in [-0.05, 0) is 29.7 Å². The Morgan fingerprint density at radius 1 is 1.12 bits per heavy atom. The van der Waals surface area contributed by atoms with Gasteiger partial charge in [0.05, 0.1) is 12.1 Å². The minimum atomic E-state index is -0.522. The van der Waals surface area contributed by atoms with Crippen molar-refractivity contribution < 1.29 is 5.11 Å². The molecule has 0 heterocycles. The second-order valence-corrected chi connectivity index (χ2v) is 5.79. The summed E-state index contributed by atoms with van der Waals surface area (Å²) in [5, 5.41) is 9.87. The first kappa shape index (κ1) is 16.4. The predicted molar refractivity (Wildman–Crippen MR) is 76.9 cm³/mol. The van der Waals surface area contributed by atoms with Gasteiger partial charge in [-0.2, -0.15) is 0 Å². The lowest BCUT2D eigenvalue weighted by molar-refractivity contribution is 0.0979. The third-order valence-corrected chi connectivity index (χ3v) is 3.24. The van der Waals surface area contributed by atoms with Gasteiger partial charge in [0.15, 0.2) is 0 Å². The molecule has 3 N–H and O–H groups in total. The minimum Gasteiger partial charge on any atom is -0.391 e. The Hall–Kier alpha value is 0.390. The highest BCUT2D eigenvalue weighted by molar-refractivity contribution is 9.11. The van der Waals surface area contributed by atoms with E-state index in [0.717, 1.165) is 14.5 Å². The fourth-order valence-electron chi connectivity index (χ4n) is 1.38. The highest BCUT2D eigenvalue weighted by atomic mass is 79.9. The van der Waals surface area contributed by atoms with Gasteiger partial charge in [0.1, 0.15) is 0 Å². The SMILES string of the molecule is CC(C)[C@H](O)[C@H](N)c1cc(Br)cc(Br)c1.Cl. The van der Waals surface area contributed by atoms with E-state index in [2.05, 4.69) is 31.9 Å². The zero-order valence-corrected chi connectivity index (χ0v) is 13.1. The number of rotatable bonds is 3. The second kappa shape index (κ2) is 6.97. The number of aliphatic hydroxyl groups is 1. The largest absolute Gasteiger partial charge is 0.391 e. The normalized spacial score (nSPS) is 14.4. The Morgan fingerprint density at radius 3 is 1.94 bits per heavy atom. The van der Waals surface area contributed by atoms with Gasteiger partial charge in [-0.3, -0.25) is 0 Å². The quantitative estimate of drug-likeness (QED) is 0.850. The maximum atomic E-state index is 9.87. The molecular formula is C11H16Br2ClNO. The average molecular weight is 374 g/mol. The topological polar surface area (TPSA) is 46.2 Å². The lowest BCUT2D eigenvalue weighted by atomic mass is 9.95. The average Bonchev–Trinajstić information content (AvgIpc) is 2.13. The van der Waals surface area contributed by atoms with Crippen LogP contribution in [0.15, 0.2) is 27.1 Å². The van der Waals surface area contributed by atoms with Crippen LogP contribution in [-0.4, -0.2) is 11.2 Å². The Labute approximate surface area is 119 Å². The molecule has 0 aliphatic heterocycles.